The molecule has 6 heteroatoms. The Labute approximate surface area is 83.4 Å². The zero-order valence-corrected chi connectivity index (χ0v) is 8.03. The van der Waals surface area contributed by atoms with E-state index in [-0.39, 0.29) is 6.61 Å². The Kier molecular flexibility index (Phi) is 3.91. The van der Waals surface area contributed by atoms with Crippen molar-refractivity contribution in [3.05, 3.63) is 22.4 Å². The van der Waals surface area contributed by atoms with Crippen molar-refractivity contribution in [1.29, 1.82) is 0 Å². The summed E-state index contributed by atoms with van der Waals surface area (Å²) in [5.74, 6) is 0. The molecule has 0 fully saturated rings. The van der Waals surface area contributed by atoms with Crippen LogP contribution in [0.25, 0.3) is 0 Å². The van der Waals surface area contributed by atoms with Crippen molar-refractivity contribution in [2.75, 3.05) is 13.2 Å². The van der Waals surface area contributed by atoms with Crippen molar-refractivity contribution < 1.29 is 18.3 Å². The van der Waals surface area contributed by atoms with Gasteiger partial charge >= 0.3 is 6.18 Å². The highest BCUT2D eigenvalue weighted by molar-refractivity contribution is 7.10. The van der Waals surface area contributed by atoms with Gasteiger partial charge in [0, 0.05) is 4.88 Å². The van der Waals surface area contributed by atoms with E-state index < -0.39 is 18.8 Å². The largest absolute Gasteiger partial charge is 0.401 e. The predicted molar refractivity (Wildman–Crippen MR) is 48.2 cm³/mol. The van der Waals surface area contributed by atoms with Crippen LogP contribution in [0.1, 0.15) is 10.9 Å². The first-order valence-corrected chi connectivity index (χ1v) is 4.85. The molecule has 2 nitrogen and oxygen atoms in total. The molecule has 0 bridgehead atoms. The Balaban J connectivity index is 2.49. The molecule has 0 amide bonds. The summed E-state index contributed by atoms with van der Waals surface area (Å²) < 4.78 is 35.6. The summed E-state index contributed by atoms with van der Waals surface area (Å²) in [5, 5.41) is 12.9. The molecule has 0 saturated heterocycles. The Morgan fingerprint density at radius 3 is 2.64 bits per heavy atom. The van der Waals surface area contributed by atoms with E-state index in [0.717, 1.165) is 0 Å². The fourth-order valence-corrected chi connectivity index (χ4v) is 1.78. The highest BCUT2D eigenvalue weighted by Gasteiger charge is 2.28. The average molecular weight is 225 g/mol. The van der Waals surface area contributed by atoms with Crippen LogP contribution >= 0.6 is 11.3 Å². The number of halogens is 3. The van der Waals surface area contributed by atoms with Crippen LogP contribution in [0.2, 0.25) is 0 Å². The van der Waals surface area contributed by atoms with Gasteiger partial charge in [0.15, 0.2) is 0 Å². The summed E-state index contributed by atoms with van der Waals surface area (Å²) in [7, 11) is 0. The third-order valence-electron chi connectivity index (χ3n) is 1.62. The molecule has 1 rings (SSSR count). The number of alkyl halides is 3. The lowest BCUT2D eigenvalue weighted by atomic mass is 10.2. The minimum Gasteiger partial charge on any atom is -0.394 e. The van der Waals surface area contributed by atoms with Gasteiger partial charge in [0.05, 0.1) is 19.2 Å². The van der Waals surface area contributed by atoms with E-state index in [4.69, 9.17) is 5.11 Å². The number of nitrogens with one attached hydrogen (secondary N) is 1. The van der Waals surface area contributed by atoms with E-state index in [0.29, 0.717) is 4.88 Å². The summed E-state index contributed by atoms with van der Waals surface area (Å²) in [4.78, 5) is 0.705. The van der Waals surface area contributed by atoms with Gasteiger partial charge in [0.1, 0.15) is 0 Å². The summed E-state index contributed by atoms with van der Waals surface area (Å²) in [6, 6.07) is 2.80. The molecule has 0 aliphatic carbocycles. The minimum atomic E-state index is -4.25. The lowest BCUT2D eigenvalue weighted by molar-refractivity contribution is -0.126. The zero-order valence-electron chi connectivity index (χ0n) is 7.21. The number of hydrogen-bond donors (Lipinski definition) is 2. The number of aliphatic hydroxyl groups excluding tert-OH is 1. The molecule has 14 heavy (non-hydrogen) atoms. The maximum atomic E-state index is 11.9. The van der Waals surface area contributed by atoms with E-state index in [2.05, 4.69) is 5.32 Å². The molecule has 1 unspecified atom stereocenters. The zero-order chi connectivity index (χ0) is 10.6. The van der Waals surface area contributed by atoms with Gasteiger partial charge in [-0.2, -0.15) is 13.2 Å². The maximum Gasteiger partial charge on any atom is 0.401 e. The highest BCUT2D eigenvalue weighted by atomic mass is 32.1. The van der Waals surface area contributed by atoms with Gasteiger partial charge in [-0.25, -0.2) is 0 Å². The average Bonchev–Trinajstić information content (AvgIpc) is 2.56. The van der Waals surface area contributed by atoms with Gasteiger partial charge in [-0.3, -0.25) is 5.32 Å². The molecule has 2 N–H and O–H groups in total. The summed E-state index contributed by atoms with van der Waals surface area (Å²) in [6.45, 7) is -1.42. The van der Waals surface area contributed by atoms with Crippen molar-refractivity contribution in [1.82, 2.24) is 5.32 Å². The van der Waals surface area contributed by atoms with Crippen LogP contribution in [0, 0.1) is 0 Å². The topological polar surface area (TPSA) is 32.3 Å². The molecule has 1 aromatic heterocycles. The molecule has 0 radical (unpaired) electrons. The number of hydrogen-bond acceptors (Lipinski definition) is 3. The van der Waals surface area contributed by atoms with Gasteiger partial charge in [0.2, 0.25) is 0 Å². The van der Waals surface area contributed by atoms with Gasteiger partial charge in [-0.1, -0.05) is 6.07 Å². The Morgan fingerprint density at radius 2 is 2.21 bits per heavy atom. The van der Waals surface area contributed by atoms with Crippen molar-refractivity contribution in [2.45, 2.75) is 12.2 Å². The van der Waals surface area contributed by atoms with Gasteiger partial charge < -0.3 is 5.11 Å². The van der Waals surface area contributed by atoms with Gasteiger partial charge in [0.25, 0.3) is 0 Å². The molecule has 0 spiro atoms. The number of rotatable bonds is 4. The SMILES string of the molecule is OCC(NCC(F)(F)F)c1cccs1. The van der Waals surface area contributed by atoms with Crippen molar-refractivity contribution >= 4 is 11.3 Å². The first-order valence-electron chi connectivity index (χ1n) is 3.97. The van der Waals surface area contributed by atoms with Crippen LogP contribution in [0.3, 0.4) is 0 Å². The minimum absolute atomic E-state index is 0.337. The summed E-state index contributed by atoms with van der Waals surface area (Å²) in [5.41, 5.74) is 0. The maximum absolute atomic E-state index is 11.9. The molecular weight excluding hydrogens is 215 g/mol. The molecule has 0 aliphatic heterocycles. The highest BCUT2D eigenvalue weighted by Crippen LogP contribution is 2.20. The lowest BCUT2D eigenvalue weighted by Crippen LogP contribution is -2.33. The molecule has 1 heterocycles. The number of aliphatic hydroxyl groups is 1. The Morgan fingerprint density at radius 1 is 1.50 bits per heavy atom. The first kappa shape index (κ1) is 11.5. The second-order valence-electron chi connectivity index (χ2n) is 2.75. The van der Waals surface area contributed by atoms with Crippen molar-refractivity contribution in [3.63, 3.8) is 0 Å². The molecule has 1 aromatic rings. The fraction of sp³-hybridized carbons (Fsp3) is 0.500. The molecular formula is C8H10F3NOS. The fourth-order valence-electron chi connectivity index (χ4n) is 0.984. The van der Waals surface area contributed by atoms with Gasteiger partial charge in [-0.15, -0.1) is 11.3 Å². The third-order valence-corrected chi connectivity index (χ3v) is 2.60. The smallest absolute Gasteiger partial charge is 0.394 e. The normalized spacial score (nSPS) is 14.3. The van der Waals surface area contributed by atoms with Crippen LogP contribution in [0.4, 0.5) is 13.2 Å². The van der Waals surface area contributed by atoms with Crippen molar-refractivity contribution in [3.8, 4) is 0 Å². The van der Waals surface area contributed by atoms with Crippen LogP contribution in [-0.2, 0) is 0 Å². The van der Waals surface area contributed by atoms with Gasteiger partial charge in [-0.05, 0) is 11.4 Å². The third kappa shape index (κ3) is 3.65. The Bertz CT molecular complexity index is 260. The quantitative estimate of drug-likeness (QED) is 0.820. The second-order valence-corrected chi connectivity index (χ2v) is 3.73. The van der Waals surface area contributed by atoms with Crippen molar-refractivity contribution in [2.24, 2.45) is 0 Å². The summed E-state index contributed by atoms with van der Waals surface area (Å²) in [6.07, 6.45) is -4.25. The van der Waals surface area contributed by atoms with Crippen LogP contribution < -0.4 is 5.32 Å². The standard InChI is InChI=1S/C8H10F3NOS/c9-8(10,11)5-12-6(4-13)7-2-1-3-14-7/h1-3,6,12-13H,4-5H2. The van der Waals surface area contributed by atoms with E-state index in [1.807, 2.05) is 0 Å². The predicted octanol–water partition coefficient (Wildman–Crippen LogP) is 1.93. The second kappa shape index (κ2) is 4.77. The van der Waals surface area contributed by atoms with E-state index in [1.165, 1.54) is 11.3 Å². The van der Waals surface area contributed by atoms with Crippen LogP contribution in [0.5, 0.6) is 0 Å². The number of thiophene rings is 1. The molecule has 1 atom stereocenters. The molecule has 0 saturated carbocycles. The molecule has 0 aromatic carbocycles. The summed E-state index contributed by atoms with van der Waals surface area (Å²) >= 11 is 1.32. The molecule has 80 valence electrons. The lowest BCUT2D eigenvalue weighted by Gasteiger charge is -2.15. The first-order chi connectivity index (χ1) is 6.53. The monoisotopic (exact) mass is 225 g/mol. The molecule has 0 aliphatic rings. The van der Waals surface area contributed by atoms with Crippen LogP contribution in [-0.4, -0.2) is 24.4 Å². The van der Waals surface area contributed by atoms with Crippen LogP contribution in [0.15, 0.2) is 17.5 Å². The van der Waals surface area contributed by atoms with E-state index in [1.54, 1.807) is 17.5 Å². The van der Waals surface area contributed by atoms with E-state index >= 15 is 0 Å². The Hall–Kier alpha value is -0.590. The van der Waals surface area contributed by atoms with E-state index in [9.17, 15) is 13.2 Å².